The Kier molecular flexibility index (Phi) is 5.17. The number of hydrogen-bond acceptors (Lipinski definition) is 4. The van der Waals surface area contributed by atoms with Gasteiger partial charge in [0, 0.05) is 10.7 Å². The first-order chi connectivity index (χ1) is 7.53. The molecule has 0 aliphatic heterocycles. The predicted molar refractivity (Wildman–Crippen MR) is 67.9 cm³/mol. The molecule has 0 spiro atoms. The highest BCUT2D eigenvalue weighted by Gasteiger charge is 2.10. The zero-order valence-electron chi connectivity index (χ0n) is 8.90. The van der Waals surface area contributed by atoms with E-state index in [0.29, 0.717) is 18.8 Å². The van der Waals surface area contributed by atoms with Gasteiger partial charge in [0.25, 0.3) is 0 Å². The van der Waals surface area contributed by atoms with Gasteiger partial charge in [-0.2, -0.15) is 0 Å². The van der Waals surface area contributed by atoms with E-state index in [1.165, 1.54) is 0 Å². The second-order valence-electron chi connectivity index (χ2n) is 3.24. The maximum absolute atomic E-state index is 11.6. The number of pyridine rings is 1. The van der Waals surface area contributed by atoms with E-state index in [1.807, 2.05) is 0 Å². The second-order valence-corrected chi connectivity index (χ2v) is 6.00. The second kappa shape index (κ2) is 6.17. The molecule has 16 heavy (non-hydrogen) atoms. The van der Waals surface area contributed by atoms with Gasteiger partial charge in [-0.3, -0.25) is 4.72 Å². The van der Waals surface area contributed by atoms with Crippen LogP contribution in [0.3, 0.4) is 0 Å². The molecule has 1 aromatic rings. The van der Waals surface area contributed by atoms with Crippen LogP contribution in [0.1, 0.15) is 6.42 Å². The van der Waals surface area contributed by atoms with Gasteiger partial charge in [-0.15, -0.1) is 0 Å². The fraction of sp³-hybridized carbons (Fsp3) is 0.444. The Balaban J connectivity index is 2.55. The molecule has 0 fully saturated rings. The van der Waals surface area contributed by atoms with Crippen molar-refractivity contribution < 1.29 is 8.42 Å². The number of nitrogens with one attached hydrogen (secondary N) is 2. The lowest BCUT2D eigenvalue weighted by molar-refractivity contribution is 0.596. The van der Waals surface area contributed by atoms with Crippen molar-refractivity contribution in [2.75, 3.05) is 24.1 Å². The summed E-state index contributed by atoms with van der Waals surface area (Å²) in [5.74, 6) is 0.429. The van der Waals surface area contributed by atoms with Crippen LogP contribution >= 0.6 is 15.9 Å². The molecule has 1 aromatic heterocycles. The molecule has 0 saturated carbocycles. The van der Waals surface area contributed by atoms with Crippen LogP contribution in [0.2, 0.25) is 0 Å². The summed E-state index contributed by atoms with van der Waals surface area (Å²) >= 11 is 3.23. The lowest BCUT2D eigenvalue weighted by Gasteiger charge is -2.06. The summed E-state index contributed by atoms with van der Waals surface area (Å²) in [6.07, 6.45) is 2.12. The zero-order chi connectivity index (χ0) is 12.0. The van der Waals surface area contributed by atoms with Crippen molar-refractivity contribution >= 4 is 31.8 Å². The van der Waals surface area contributed by atoms with E-state index in [-0.39, 0.29) is 5.75 Å². The maximum Gasteiger partial charge on any atom is 0.233 e. The minimum Gasteiger partial charge on any atom is -0.320 e. The Hall–Kier alpha value is -0.660. The van der Waals surface area contributed by atoms with Gasteiger partial charge in [-0.1, -0.05) is 0 Å². The molecule has 0 aliphatic carbocycles. The van der Waals surface area contributed by atoms with Crippen LogP contribution in [0, 0.1) is 0 Å². The molecule has 0 aliphatic rings. The average molecular weight is 308 g/mol. The SMILES string of the molecule is CNCCCS(=O)(=O)Nc1ccc(Br)cn1. The van der Waals surface area contributed by atoms with Gasteiger partial charge in [0.15, 0.2) is 0 Å². The van der Waals surface area contributed by atoms with E-state index in [0.717, 1.165) is 4.47 Å². The van der Waals surface area contributed by atoms with Gasteiger partial charge in [0.1, 0.15) is 5.82 Å². The minimum absolute atomic E-state index is 0.0889. The van der Waals surface area contributed by atoms with Gasteiger partial charge in [-0.25, -0.2) is 13.4 Å². The zero-order valence-corrected chi connectivity index (χ0v) is 11.3. The van der Waals surface area contributed by atoms with E-state index in [1.54, 1.807) is 25.4 Å². The number of nitrogens with zero attached hydrogens (tertiary/aromatic N) is 1. The molecule has 5 nitrogen and oxygen atoms in total. The van der Waals surface area contributed by atoms with Crippen molar-refractivity contribution in [2.45, 2.75) is 6.42 Å². The fourth-order valence-corrected chi connectivity index (χ4v) is 2.39. The number of aromatic nitrogens is 1. The number of rotatable bonds is 6. The summed E-state index contributed by atoms with van der Waals surface area (Å²) in [6.45, 7) is 0.675. The first-order valence-corrected chi connectivity index (χ1v) is 7.25. The van der Waals surface area contributed by atoms with Gasteiger partial charge in [0.2, 0.25) is 10.0 Å². The van der Waals surface area contributed by atoms with Crippen LogP contribution in [-0.4, -0.2) is 32.7 Å². The fourth-order valence-electron chi connectivity index (χ4n) is 1.09. The van der Waals surface area contributed by atoms with Crippen LogP contribution in [0.5, 0.6) is 0 Å². The highest BCUT2D eigenvalue weighted by Crippen LogP contribution is 2.11. The van der Waals surface area contributed by atoms with Crippen LogP contribution < -0.4 is 10.0 Å². The number of anilines is 1. The van der Waals surface area contributed by atoms with Gasteiger partial charge >= 0.3 is 0 Å². The number of halogens is 1. The molecule has 0 amide bonds. The first kappa shape index (κ1) is 13.4. The standard InChI is InChI=1S/C9H14BrN3O2S/c1-11-5-2-6-16(14,15)13-9-4-3-8(10)7-12-9/h3-4,7,11H,2,5-6H2,1H3,(H,12,13). The summed E-state index contributed by atoms with van der Waals surface area (Å²) in [5, 5.41) is 2.90. The molecule has 0 aromatic carbocycles. The molecule has 0 bridgehead atoms. The van der Waals surface area contributed by atoms with E-state index in [4.69, 9.17) is 0 Å². The van der Waals surface area contributed by atoms with Crippen molar-refractivity contribution in [1.82, 2.24) is 10.3 Å². The molecular weight excluding hydrogens is 294 g/mol. The summed E-state index contributed by atoms with van der Waals surface area (Å²) in [5.41, 5.74) is 0. The molecule has 2 N–H and O–H groups in total. The third-order valence-corrected chi connectivity index (χ3v) is 3.64. The molecular formula is C9H14BrN3O2S. The summed E-state index contributed by atoms with van der Waals surface area (Å²) < 4.78 is 26.4. The van der Waals surface area contributed by atoms with Crippen molar-refractivity contribution in [3.63, 3.8) is 0 Å². The predicted octanol–water partition coefficient (Wildman–Crippen LogP) is 1.20. The molecule has 0 atom stereocenters. The quantitative estimate of drug-likeness (QED) is 0.775. The van der Waals surface area contributed by atoms with Gasteiger partial charge in [0.05, 0.1) is 5.75 Å². The molecule has 0 unspecified atom stereocenters. The summed E-state index contributed by atoms with van der Waals surface area (Å²) in [7, 11) is -1.50. The van der Waals surface area contributed by atoms with E-state index < -0.39 is 10.0 Å². The van der Waals surface area contributed by atoms with Crippen molar-refractivity contribution in [2.24, 2.45) is 0 Å². The topological polar surface area (TPSA) is 71.1 Å². The number of sulfonamides is 1. The average Bonchev–Trinajstić information content (AvgIpc) is 2.21. The third-order valence-electron chi connectivity index (χ3n) is 1.83. The van der Waals surface area contributed by atoms with E-state index >= 15 is 0 Å². The minimum atomic E-state index is -3.29. The largest absolute Gasteiger partial charge is 0.320 e. The van der Waals surface area contributed by atoms with E-state index in [9.17, 15) is 8.42 Å². The smallest absolute Gasteiger partial charge is 0.233 e. The third kappa shape index (κ3) is 4.91. The number of hydrogen-bond donors (Lipinski definition) is 2. The molecule has 0 radical (unpaired) electrons. The van der Waals surface area contributed by atoms with Crippen LogP contribution in [-0.2, 0) is 10.0 Å². The molecule has 1 rings (SSSR count). The molecule has 90 valence electrons. The first-order valence-electron chi connectivity index (χ1n) is 4.80. The highest BCUT2D eigenvalue weighted by molar-refractivity contribution is 9.10. The molecule has 7 heteroatoms. The normalized spacial score (nSPS) is 11.4. The van der Waals surface area contributed by atoms with Crippen LogP contribution in [0.25, 0.3) is 0 Å². The molecule has 1 heterocycles. The maximum atomic E-state index is 11.6. The van der Waals surface area contributed by atoms with Gasteiger partial charge in [-0.05, 0) is 48.1 Å². The Bertz CT molecular complexity index is 419. The van der Waals surface area contributed by atoms with Crippen LogP contribution in [0.15, 0.2) is 22.8 Å². The van der Waals surface area contributed by atoms with Crippen molar-refractivity contribution in [1.29, 1.82) is 0 Å². The summed E-state index contributed by atoms with van der Waals surface area (Å²) in [6, 6.07) is 3.35. The van der Waals surface area contributed by atoms with Crippen molar-refractivity contribution in [3.05, 3.63) is 22.8 Å². The Morgan fingerprint density at radius 2 is 2.19 bits per heavy atom. The molecule has 0 saturated heterocycles. The highest BCUT2D eigenvalue weighted by atomic mass is 79.9. The van der Waals surface area contributed by atoms with Crippen molar-refractivity contribution in [3.8, 4) is 0 Å². The van der Waals surface area contributed by atoms with E-state index in [2.05, 4.69) is 31.0 Å². The van der Waals surface area contributed by atoms with Gasteiger partial charge < -0.3 is 5.32 Å². The summed E-state index contributed by atoms with van der Waals surface area (Å²) in [4.78, 5) is 3.94. The van der Waals surface area contributed by atoms with Crippen LogP contribution in [0.4, 0.5) is 5.82 Å². The Morgan fingerprint density at radius 1 is 1.44 bits per heavy atom. The monoisotopic (exact) mass is 307 g/mol. The lowest BCUT2D eigenvalue weighted by atomic mass is 10.5. The Morgan fingerprint density at radius 3 is 2.75 bits per heavy atom. The lowest BCUT2D eigenvalue weighted by Crippen LogP contribution is -2.20. The Labute approximate surface area is 104 Å².